The lowest BCUT2D eigenvalue weighted by atomic mass is 10.1. The largest absolute Gasteiger partial charge is 0.496 e. The van der Waals surface area contributed by atoms with Gasteiger partial charge in [-0.1, -0.05) is 36.8 Å². The molecule has 1 heterocycles. The Kier molecular flexibility index (Phi) is 7.28. The topological polar surface area (TPSA) is 75.7 Å². The maximum absolute atomic E-state index is 12.9. The van der Waals surface area contributed by atoms with E-state index in [0.717, 1.165) is 32.1 Å². The minimum atomic E-state index is -3.61. The maximum Gasteiger partial charge on any atom is 0.255 e. The average molecular weight is 417 g/mol. The molecule has 29 heavy (non-hydrogen) atoms. The summed E-state index contributed by atoms with van der Waals surface area (Å²) in [7, 11) is -2.13. The van der Waals surface area contributed by atoms with E-state index in [1.807, 2.05) is 18.2 Å². The standard InChI is InChI=1S/C22H28N2O4S/c1-28-21-13-12-19(29(26,27)24-15-6-3-7-16-24)17-20(21)22(25)23-14-8-11-18-9-4-2-5-10-18/h2,4-5,9-10,12-13,17H,3,6-8,11,14-16H2,1H3,(H,23,25). The predicted molar refractivity (Wildman–Crippen MR) is 113 cm³/mol. The summed E-state index contributed by atoms with van der Waals surface area (Å²) >= 11 is 0. The molecule has 3 rings (SSSR count). The first-order valence-corrected chi connectivity index (χ1v) is 11.5. The zero-order valence-corrected chi connectivity index (χ0v) is 17.6. The Labute approximate surface area is 172 Å². The van der Waals surface area contributed by atoms with Gasteiger partial charge in [-0.15, -0.1) is 0 Å². The van der Waals surface area contributed by atoms with Crippen molar-refractivity contribution >= 4 is 15.9 Å². The van der Waals surface area contributed by atoms with Crippen LogP contribution in [-0.2, 0) is 16.4 Å². The fourth-order valence-electron chi connectivity index (χ4n) is 3.51. The first-order valence-electron chi connectivity index (χ1n) is 10.0. The Morgan fingerprint density at radius 2 is 1.79 bits per heavy atom. The molecule has 1 amide bonds. The molecule has 156 valence electrons. The maximum atomic E-state index is 12.9. The number of carbonyl (C=O) groups excluding carboxylic acids is 1. The molecule has 0 saturated carbocycles. The van der Waals surface area contributed by atoms with Crippen molar-refractivity contribution in [2.75, 3.05) is 26.7 Å². The lowest BCUT2D eigenvalue weighted by Gasteiger charge is -2.26. The summed E-state index contributed by atoms with van der Waals surface area (Å²) in [6.45, 7) is 1.55. The second-order valence-electron chi connectivity index (χ2n) is 7.17. The van der Waals surface area contributed by atoms with Crippen molar-refractivity contribution < 1.29 is 17.9 Å². The number of carbonyl (C=O) groups is 1. The molecule has 0 aromatic heterocycles. The number of hydrogen-bond donors (Lipinski definition) is 1. The highest BCUT2D eigenvalue weighted by atomic mass is 32.2. The molecule has 7 heteroatoms. The van der Waals surface area contributed by atoms with Crippen LogP contribution in [0.25, 0.3) is 0 Å². The van der Waals surface area contributed by atoms with Crippen LogP contribution >= 0.6 is 0 Å². The Hall–Kier alpha value is -2.38. The number of nitrogens with zero attached hydrogens (tertiary/aromatic N) is 1. The van der Waals surface area contributed by atoms with Crippen LogP contribution in [-0.4, -0.2) is 45.4 Å². The van der Waals surface area contributed by atoms with Crippen molar-refractivity contribution in [2.24, 2.45) is 0 Å². The molecule has 2 aromatic rings. The number of nitrogens with one attached hydrogen (secondary N) is 1. The summed E-state index contributed by atoms with van der Waals surface area (Å²) < 4.78 is 32.7. The van der Waals surface area contributed by atoms with Crippen LogP contribution < -0.4 is 10.1 Å². The van der Waals surface area contributed by atoms with Crippen molar-refractivity contribution in [3.8, 4) is 5.75 Å². The molecule has 6 nitrogen and oxygen atoms in total. The zero-order valence-electron chi connectivity index (χ0n) is 16.8. The number of methoxy groups -OCH3 is 1. The van der Waals surface area contributed by atoms with Gasteiger partial charge in [0.2, 0.25) is 10.0 Å². The Balaban J connectivity index is 1.68. The summed E-state index contributed by atoms with van der Waals surface area (Å²) in [6.07, 6.45) is 4.44. The Morgan fingerprint density at radius 1 is 1.07 bits per heavy atom. The summed E-state index contributed by atoms with van der Waals surface area (Å²) in [5.74, 6) is 0.0359. The van der Waals surface area contributed by atoms with Crippen molar-refractivity contribution in [1.82, 2.24) is 9.62 Å². The normalized spacial score (nSPS) is 15.1. The van der Waals surface area contributed by atoms with Gasteiger partial charge in [0.05, 0.1) is 17.6 Å². The highest BCUT2D eigenvalue weighted by molar-refractivity contribution is 7.89. The number of ether oxygens (including phenoxy) is 1. The fourth-order valence-corrected chi connectivity index (χ4v) is 5.06. The Bertz CT molecular complexity index is 923. The minimum Gasteiger partial charge on any atom is -0.496 e. The van der Waals surface area contributed by atoms with Crippen LogP contribution in [0, 0.1) is 0 Å². The number of rotatable bonds is 8. The molecule has 0 aliphatic carbocycles. The smallest absolute Gasteiger partial charge is 0.255 e. The summed E-state index contributed by atoms with van der Waals surface area (Å²) in [5, 5.41) is 2.87. The molecular formula is C22H28N2O4S. The van der Waals surface area contributed by atoms with Gasteiger partial charge in [-0.3, -0.25) is 4.79 Å². The van der Waals surface area contributed by atoms with Gasteiger partial charge in [0.15, 0.2) is 0 Å². The van der Waals surface area contributed by atoms with Crippen molar-refractivity contribution in [1.29, 1.82) is 0 Å². The number of benzene rings is 2. The third kappa shape index (κ3) is 5.36. The second-order valence-corrected chi connectivity index (χ2v) is 9.11. The highest BCUT2D eigenvalue weighted by Gasteiger charge is 2.27. The monoisotopic (exact) mass is 416 g/mol. The van der Waals surface area contributed by atoms with Crippen LogP contribution in [0.3, 0.4) is 0 Å². The van der Waals surface area contributed by atoms with E-state index in [4.69, 9.17) is 4.74 Å². The lowest BCUT2D eigenvalue weighted by Crippen LogP contribution is -2.35. The molecule has 2 aromatic carbocycles. The van der Waals surface area contributed by atoms with Gasteiger partial charge in [-0.05, 0) is 49.4 Å². The predicted octanol–water partition coefficient (Wildman–Crippen LogP) is 3.23. The van der Waals surface area contributed by atoms with Crippen LogP contribution in [0.15, 0.2) is 53.4 Å². The quantitative estimate of drug-likeness (QED) is 0.671. The van der Waals surface area contributed by atoms with E-state index >= 15 is 0 Å². The van der Waals surface area contributed by atoms with E-state index in [1.54, 1.807) is 6.07 Å². The van der Waals surface area contributed by atoms with Crippen LogP contribution in [0.2, 0.25) is 0 Å². The third-order valence-corrected chi connectivity index (χ3v) is 7.03. The molecule has 1 aliphatic rings. The van der Waals surface area contributed by atoms with Crippen LogP contribution in [0.5, 0.6) is 5.75 Å². The SMILES string of the molecule is COc1ccc(S(=O)(=O)N2CCCCC2)cc1C(=O)NCCCc1ccccc1. The number of sulfonamides is 1. The molecule has 0 radical (unpaired) electrons. The molecule has 0 spiro atoms. The van der Waals surface area contributed by atoms with Gasteiger partial charge >= 0.3 is 0 Å². The van der Waals surface area contributed by atoms with Gasteiger partial charge in [-0.25, -0.2) is 8.42 Å². The fraction of sp³-hybridized carbons (Fsp3) is 0.409. The molecule has 0 unspecified atom stereocenters. The van der Waals surface area contributed by atoms with E-state index in [2.05, 4.69) is 17.4 Å². The van der Waals surface area contributed by atoms with Gasteiger partial charge in [-0.2, -0.15) is 4.31 Å². The molecular weight excluding hydrogens is 388 g/mol. The number of hydrogen-bond acceptors (Lipinski definition) is 4. The van der Waals surface area contributed by atoms with Crippen molar-refractivity contribution in [3.63, 3.8) is 0 Å². The molecule has 1 aliphatic heterocycles. The average Bonchev–Trinajstić information content (AvgIpc) is 2.77. The molecule has 1 N–H and O–H groups in total. The van der Waals surface area contributed by atoms with E-state index in [-0.39, 0.29) is 16.4 Å². The van der Waals surface area contributed by atoms with Gasteiger partial charge < -0.3 is 10.1 Å². The highest BCUT2D eigenvalue weighted by Crippen LogP contribution is 2.26. The summed E-state index contributed by atoms with van der Waals surface area (Å²) in [4.78, 5) is 12.8. The molecule has 0 atom stereocenters. The number of amides is 1. The van der Waals surface area contributed by atoms with E-state index in [1.165, 1.54) is 29.1 Å². The van der Waals surface area contributed by atoms with E-state index < -0.39 is 10.0 Å². The van der Waals surface area contributed by atoms with Crippen molar-refractivity contribution in [2.45, 2.75) is 37.0 Å². The molecule has 1 saturated heterocycles. The van der Waals surface area contributed by atoms with Crippen molar-refractivity contribution in [3.05, 3.63) is 59.7 Å². The summed E-state index contributed by atoms with van der Waals surface area (Å²) in [6, 6.07) is 14.6. The van der Waals surface area contributed by atoms with Gasteiger partial charge in [0.1, 0.15) is 5.75 Å². The van der Waals surface area contributed by atoms with Crippen LogP contribution in [0.4, 0.5) is 0 Å². The second kappa shape index (κ2) is 9.89. The number of piperidine rings is 1. The van der Waals surface area contributed by atoms with E-state index in [9.17, 15) is 13.2 Å². The summed E-state index contributed by atoms with van der Waals surface area (Å²) in [5.41, 5.74) is 1.46. The van der Waals surface area contributed by atoms with Gasteiger partial charge in [0.25, 0.3) is 5.91 Å². The van der Waals surface area contributed by atoms with Crippen LogP contribution in [0.1, 0.15) is 41.6 Å². The van der Waals surface area contributed by atoms with Gasteiger partial charge in [0, 0.05) is 19.6 Å². The minimum absolute atomic E-state index is 0.134. The lowest BCUT2D eigenvalue weighted by molar-refractivity contribution is 0.0950. The molecule has 0 bridgehead atoms. The first kappa shape index (κ1) is 21.3. The Morgan fingerprint density at radius 3 is 2.48 bits per heavy atom. The third-order valence-electron chi connectivity index (χ3n) is 5.14. The van der Waals surface area contributed by atoms with E-state index in [0.29, 0.717) is 25.4 Å². The first-order chi connectivity index (χ1) is 14.0. The molecule has 1 fully saturated rings. The number of aryl methyl sites for hydroxylation is 1. The zero-order chi connectivity index (χ0) is 20.7.